The second kappa shape index (κ2) is 7.55. The van der Waals surface area contributed by atoms with Gasteiger partial charge in [0.15, 0.2) is 0 Å². The summed E-state index contributed by atoms with van der Waals surface area (Å²) in [6, 6.07) is 16.6. The molecular formula is C23H27NO3. The van der Waals surface area contributed by atoms with Crippen molar-refractivity contribution in [3.63, 3.8) is 0 Å². The van der Waals surface area contributed by atoms with Gasteiger partial charge in [0.05, 0.1) is 0 Å². The number of carbonyl (C=O) groups is 2. The summed E-state index contributed by atoms with van der Waals surface area (Å²) in [7, 11) is 0. The normalized spacial score (nSPS) is 17.0. The summed E-state index contributed by atoms with van der Waals surface area (Å²) in [5, 5.41) is 10.3. The summed E-state index contributed by atoms with van der Waals surface area (Å²) >= 11 is 0. The maximum absolute atomic E-state index is 13.5. The van der Waals surface area contributed by atoms with Crippen LogP contribution in [0, 0.1) is 5.92 Å². The number of hydrogen-bond acceptors (Lipinski definition) is 2. The molecule has 1 aliphatic rings. The molecule has 0 heterocycles. The molecule has 1 amide bonds. The minimum absolute atomic E-state index is 0.187. The lowest BCUT2D eigenvalue weighted by atomic mass is 9.87. The Hall–Kier alpha value is -2.62. The predicted molar refractivity (Wildman–Crippen MR) is 106 cm³/mol. The molecule has 0 bridgehead atoms. The third kappa shape index (κ3) is 3.36. The van der Waals surface area contributed by atoms with Crippen molar-refractivity contribution in [1.82, 2.24) is 4.90 Å². The Balaban J connectivity index is 2.11. The van der Waals surface area contributed by atoms with Gasteiger partial charge in [-0.3, -0.25) is 4.79 Å². The maximum Gasteiger partial charge on any atom is 0.330 e. The lowest BCUT2D eigenvalue weighted by molar-refractivity contribution is -0.151. The predicted octanol–water partition coefficient (Wildman–Crippen LogP) is 4.19. The first-order valence-corrected chi connectivity index (χ1v) is 9.59. The van der Waals surface area contributed by atoms with Gasteiger partial charge >= 0.3 is 5.97 Å². The van der Waals surface area contributed by atoms with Crippen LogP contribution >= 0.6 is 0 Å². The third-order valence-corrected chi connectivity index (χ3v) is 6.06. The number of carboxylic acid groups (broad SMARTS) is 1. The van der Waals surface area contributed by atoms with E-state index in [1.54, 1.807) is 17.0 Å². The molecule has 4 nitrogen and oxygen atoms in total. The van der Waals surface area contributed by atoms with Gasteiger partial charge in [-0.2, -0.15) is 0 Å². The van der Waals surface area contributed by atoms with E-state index in [9.17, 15) is 14.7 Å². The van der Waals surface area contributed by atoms with Crippen LogP contribution in [-0.4, -0.2) is 33.5 Å². The topological polar surface area (TPSA) is 57.6 Å². The molecule has 0 saturated carbocycles. The molecule has 2 atom stereocenters. The summed E-state index contributed by atoms with van der Waals surface area (Å²) in [4.78, 5) is 27.8. The van der Waals surface area contributed by atoms with Crippen molar-refractivity contribution in [2.45, 2.75) is 51.6 Å². The Bertz CT molecular complexity index is 806. The summed E-state index contributed by atoms with van der Waals surface area (Å²) < 4.78 is 0. The van der Waals surface area contributed by atoms with Crippen LogP contribution in [0.15, 0.2) is 54.6 Å². The number of carbonyl (C=O) groups excluding carboxylic acids is 1. The fourth-order valence-corrected chi connectivity index (χ4v) is 4.10. The Labute approximate surface area is 160 Å². The Morgan fingerprint density at radius 1 is 1.00 bits per heavy atom. The molecule has 0 fully saturated rings. The van der Waals surface area contributed by atoms with Gasteiger partial charge in [-0.15, -0.1) is 0 Å². The van der Waals surface area contributed by atoms with Crippen LogP contribution in [0.3, 0.4) is 0 Å². The number of amides is 1. The zero-order valence-corrected chi connectivity index (χ0v) is 16.2. The molecule has 0 spiro atoms. The van der Waals surface area contributed by atoms with Gasteiger partial charge in [-0.1, -0.05) is 62.7 Å². The molecule has 142 valence electrons. The van der Waals surface area contributed by atoms with E-state index in [-0.39, 0.29) is 17.9 Å². The number of fused-ring (bicyclic) bond motifs is 1. The van der Waals surface area contributed by atoms with Crippen LogP contribution < -0.4 is 0 Å². The molecule has 0 aliphatic heterocycles. The van der Waals surface area contributed by atoms with Gasteiger partial charge in [0.2, 0.25) is 0 Å². The van der Waals surface area contributed by atoms with Crippen molar-refractivity contribution in [3.05, 3.63) is 71.3 Å². The number of benzene rings is 2. The molecule has 0 radical (unpaired) electrons. The first-order valence-electron chi connectivity index (χ1n) is 9.59. The number of nitrogens with zero attached hydrogens (tertiary/aromatic N) is 1. The molecule has 27 heavy (non-hydrogen) atoms. The fourth-order valence-electron chi connectivity index (χ4n) is 4.10. The zero-order chi connectivity index (χ0) is 19.6. The summed E-state index contributed by atoms with van der Waals surface area (Å²) in [6.07, 6.45) is 1.57. The highest BCUT2D eigenvalue weighted by Gasteiger charge is 2.52. The van der Waals surface area contributed by atoms with E-state index in [1.807, 2.05) is 49.4 Å². The average Bonchev–Trinajstić information content (AvgIpc) is 3.08. The van der Waals surface area contributed by atoms with Crippen LogP contribution in [-0.2, 0) is 17.6 Å². The molecule has 1 N–H and O–H groups in total. The van der Waals surface area contributed by atoms with Gasteiger partial charge in [0.1, 0.15) is 5.54 Å². The molecule has 2 unspecified atom stereocenters. The molecular weight excluding hydrogens is 338 g/mol. The summed E-state index contributed by atoms with van der Waals surface area (Å²) in [5.41, 5.74) is 1.31. The van der Waals surface area contributed by atoms with Crippen molar-refractivity contribution < 1.29 is 14.7 Å². The largest absolute Gasteiger partial charge is 0.479 e. The highest BCUT2D eigenvalue weighted by atomic mass is 16.4. The molecule has 2 aromatic carbocycles. The summed E-state index contributed by atoms with van der Waals surface area (Å²) in [5.74, 6) is -0.950. The average molecular weight is 365 g/mol. The van der Waals surface area contributed by atoms with E-state index >= 15 is 0 Å². The van der Waals surface area contributed by atoms with E-state index in [0.717, 1.165) is 17.5 Å². The Morgan fingerprint density at radius 3 is 2.00 bits per heavy atom. The lowest BCUT2D eigenvalue weighted by Gasteiger charge is -2.44. The molecule has 1 aliphatic carbocycles. The van der Waals surface area contributed by atoms with Crippen LogP contribution in [0.5, 0.6) is 0 Å². The molecule has 0 saturated heterocycles. The van der Waals surface area contributed by atoms with Crippen molar-refractivity contribution in [2.24, 2.45) is 5.92 Å². The molecule has 0 aromatic heterocycles. The minimum atomic E-state index is -1.25. The van der Waals surface area contributed by atoms with Crippen LogP contribution in [0.25, 0.3) is 0 Å². The fraction of sp³-hybridized carbons (Fsp3) is 0.391. The SMILES string of the molecule is CCC(C)C(C)N(C(=O)c1ccccc1)C1(C(=O)O)Cc2ccccc2C1. The number of aliphatic carboxylic acids is 1. The van der Waals surface area contributed by atoms with Gasteiger partial charge in [-0.25, -0.2) is 4.79 Å². The minimum Gasteiger partial charge on any atom is -0.479 e. The van der Waals surface area contributed by atoms with Gasteiger partial charge < -0.3 is 10.0 Å². The van der Waals surface area contributed by atoms with Crippen molar-refractivity contribution in [1.29, 1.82) is 0 Å². The lowest BCUT2D eigenvalue weighted by Crippen LogP contribution is -2.62. The van der Waals surface area contributed by atoms with E-state index < -0.39 is 11.5 Å². The van der Waals surface area contributed by atoms with Gasteiger partial charge in [0, 0.05) is 24.4 Å². The monoisotopic (exact) mass is 365 g/mol. The zero-order valence-electron chi connectivity index (χ0n) is 16.2. The third-order valence-electron chi connectivity index (χ3n) is 6.06. The highest BCUT2D eigenvalue weighted by molar-refractivity contribution is 5.98. The van der Waals surface area contributed by atoms with Crippen molar-refractivity contribution >= 4 is 11.9 Å². The second-order valence-corrected chi connectivity index (χ2v) is 7.63. The van der Waals surface area contributed by atoms with E-state index in [1.165, 1.54) is 0 Å². The van der Waals surface area contributed by atoms with E-state index in [0.29, 0.717) is 18.4 Å². The highest BCUT2D eigenvalue weighted by Crippen LogP contribution is 2.38. The molecule has 2 aromatic rings. The summed E-state index contributed by atoms with van der Waals surface area (Å²) in [6.45, 7) is 6.12. The van der Waals surface area contributed by atoms with E-state index in [4.69, 9.17) is 0 Å². The van der Waals surface area contributed by atoms with Crippen molar-refractivity contribution in [3.8, 4) is 0 Å². The number of hydrogen-bond donors (Lipinski definition) is 1. The van der Waals surface area contributed by atoms with Crippen LogP contribution in [0.2, 0.25) is 0 Å². The number of carboxylic acids is 1. The first-order chi connectivity index (χ1) is 12.9. The van der Waals surface area contributed by atoms with Crippen LogP contribution in [0.1, 0.15) is 48.7 Å². The first kappa shape index (κ1) is 19.2. The Morgan fingerprint density at radius 2 is 1.52 bits per heavy atom. The standard InChI is InChI=1S/C23H27NO3/c1-4-16(2)17(3)24(21(25)18-10-6-5-7-11-18)23(22(26)27)14-19-12-8-9-13-20(19)15-23/h5-13,16-17H,4,14-15H2,1-3H3,(H,26,27). The maximum atomic E-state index is 13.5. The molecule has 4 heteroatoms. The second-order valence-electron chi connectivity index (χ2n) is 7.63. The van der Waals surface area contributed by atoms with Gasteiger partial charge in [0.25, 0.3) is 5.91 Å². The molecule has 3 rings (SSSR count). The van der Waals surface area contributed by atoms with Crippen LogP contribution in [0.4, 0.5) is 0 Å². The van der Waals surface area contributed by atoms with Crippen molar-refractivity contribution in [2.75, 3.05) is 0 Å². The smallest absolute Gasteiger partial charge is 0.330 e. The quantitative estimate of drug-likeness (QED) is 0.835. The van der Waals surface area contributed by atoms with Gasteiger partial charge in [-0.05, 0) is 36.1 Å². The van der Waals surface area contributed by atoms with E-state index in [2.05, 4.69) is 13.8 Å². The Kier molecular flexibility index (Phi) is 5.36. The number of rotatable bonds is 6.